The van der Waals surface area contributed by atoms with Crippen LogP contribution in [0.5, 0.6) is 5.75 Å². The number of para-hydroxylation sites is 1. The van der Waals surface area contributed by atoms with Gasteiger partial charge in [0, 0.05) is 5.69 Å². The summed E-state index contributed by atoms with van der Waals surface area (Å²) in [4.78, 5) is 8.43. The molecule has 0 aliphatic carbocycles. The molecule has 3 nitrogen and oxygen atoms in total. The zero-order valence-electron chi connectivity index (χ0n) is 10.7. The second-order valence-electron chi connectivity index (χ2n) is 4.26. The number of hydrogen-bond donors (Lipinski definition) is 0. The predicted molar refractivity (Wildman–Crippen MR) is 72.0 cm³/mol. The molecule has 1 aromatic heterocycles. The van der Waals surface area contributed by atoms with Crippen LogP contribution in [0, 0.1) is 20.8 Å². The van der Waals surface area contributed by atoms with Crippen LogP contribution in [-0.4, -0.2) is 9.97 Å². The van der Waals surface area contributed by atoms with Gasteiger partial charge >= 0.3 is 0 Å². The van der Waals surface area contributed by atoms with Gasteiger partial charge in [0.25, 0.3) is 0 Å². The number of ether oxygens (including phenoxy) is 1. The molecular formula is C14H15ClN2O. The van der Waals surface area contributed by atoms with Crippen molar-refractivity contribution in [2.75, 3.05) is 0 Å². The Bertz CT molecular complexity index is 529. The normalized spacial score (nSPS) is 10.4. The van der Waals surface area contributed by atoms with E-state index in [1.165, 1.54) is 0 Å². The molecule has 0 spiro atoms. The number of hydrogen-bond acceptors (Lipinski definition) is 3. The fourth-order valence-corrected chi connectivity index (χ4v) is 2.07. The number of benzene rings is 1. The third-order valence-corrected chi connectivity index (χ3v) is 2.82. The van der Waals surface area contributed by atoms with Crippen LogP contribution in [0.4, 0.5) is 0 Å². The van der Waals surface area contributed by atoms with Crippen molar-refractivity contribution in [2.24, 2.45) is 0 Å². The van der Waals surface area contributed by atoms with Crippen molar-refractivity contribution in [1.82, 2.24) is 9.97 Å². The average Bonchev–Trinajstić information content (AvgIpc) is 2.27. The Labute approximate surface area is 112 Å². The molecule has 0 saturated carbocycles. The second kappa shape index (κ2) is 5.36. The molecule has 0 atom stereocenters. The van der Waals surface area contributed by atoms with E-state index in [9.17, 15) is 0 Å². The van der Waals surface area contributed by atoms with Gasteiger partial charge in [-0.2, -0.15) is 0 Å². The third kappa shape index (κ3) is 2.99. The lowest BCUT2D eigenvalue weighted by molar-refractivity contribution is 0.291. The Hall–Kier alpha value is -1.61. The molecule has 0 unspecified atom stereocenters. The van der Waals surface area contributed by atoms with Crippen molar-refractivity contribution in [3.8, 4) is 5.75 Å². The topological polar surface area (TPSA) is 35.0 Å². The van der Waals surface area contributed by atoms with Gasteiger partial charge in [-0.15, -0.1) is 0 Å². The molecule has 0 bridgehead atoms. The molecule has 0 aliphatic heterocycles. The highest BCUT2D eigenvalue weighted by atomic mass is 35.5. The Kier molecular flexibility index (Phi) is 3.82. The summed E-state index contributed by atoms with van der Waals surface area (Å²) in [7, 11) is 0. The fraction of sp³-hybridized carbons (Fsp3) is 0.286. The zero-order valence-corrected chi connectivity index (χ0v) is 11.5. The molecule has 2 rings (SSSR count). The first-order chi connectivity index (χ1) is 8.56. The van der Waals surface area contributed by atoms with E-state index in [1.807, 2.05) is 39.0 Å². The van der Waals surface area contributed by atoms with Gasteiger partial charge in [0.1, 0.15) is 17.5 Å². The number of aryl methyl sites for hydroxylation is 3. The highest BCUT2D eigenvalue weighted by Gasteiger charge is 2.06. The Morgan fingerprint density at radius 1 is 1.11 bits per heavy atom. The van der Waals surface area contributed by atoms with Crippen molar-refractivity contribution in [3.05, 3.63) is 52.1 Å². The Morgan fingerprint density at radius 2 is 1.78 bits per heavy atom. The first-order valence-corrected chi connectivity index (χ1v) is 6.13. The largest absolute Gasteiger partial charge is 0.485 e. The van der Waals surface area contributed by atoms with Crippen LogP contribution in [0.2, 0.25) is 5.15 Å². The monoisotopic (exact) mass is 262 g/mol. The average molecular weight is 263 g/mol. The van der Waals surface area contributed by atoms with Crippen molar-refractivity contribution in [3.63, 3.8) is 0 Å². The van der Waals surface area contributed by atoms with Gasteiger partial charge in [-0.1, -0.05) is 29.8 Å². The van der Waals surface area contributed by atoms with E-state index >= 15 is 0 Å². The molecule has 1 aromatic carbocycles. The molecule has 0 saturated heterocycles. The minimum Gasteiger partial charge on any atom is -0.485 e. The molecule has 0 aliphatic rings. The van der Waals surface area contributed by atoms with Gasteiger partial charge in [-0.25, -0.2) is 9.97 Å². The second-order valence-corrected chi connectivity index (χ2v) is 4.65. The lowest BCUT2D eigenvalue weighted by atomic mass is 10.1. The summed E-state index contributed by atoms with van der Waals surface area (Å²) in [6.45, 7) is 6.25. The summed E-state index contributed by atoms with van der Waals surface area (Å²) in [5.41, 5.74) is 3.05. The van der Waals surface area contributed by atoms with Gasteiger partial charge < -0.3 is 4.74 Å². The minimum absolute atomic E-state index is 0.326. The third-order valence-electron chi connectivity index (χ3n) is 2.62. The smallest absolute Gasteiger partial charge is 0.167 e. The first kappa shape index (κ1) is 12.8. The maximum atomic E-state index is 5.89. The summed E-state index contributed by atoms with van der Waals surface area (Å²) in [6, 6.07) is 7.78. The van der Waals surface area contributed by atoms with E-state index < -0.39 is 0 Å². The molecule has 4 heteroatoms. The van der Waals surface area contributed by atoms with Crippen molar-refractivity contribution >= 4 is 11.6 Å². The molecular weight excluding hydrogens is 248 g/mol. The molecule has 1 heterocycles. The van der Waals surface area contributed by atoms with Crippen LogP contribution in [0.25, 0.3) is 0 Å². The van der Waals surface area contributed by atoms with Crippen LogP contribution in [-0.2, 0) is 6.61 Å². The van der Waals surface area contributed by atoms with Gasteiger partial charge in [0.05, 0.1) is 0 Å². The molecule has 18 heavy (non-hydrogen) atoms. The number of rotatable bonds is 3. The van der Waals surface area contributed by atoms with E-state index in [0.29, 0.717) is 17.6 Å². The minimum atomic E-state index is 0.326. The molecule has 0 N–H and O–H groups in total. The number of nitrogens with zero attached hydrogens (tertiary/aromatic N) is 2. The molecule has 94 valence electrons. The van der Waals surface area contributed by atoms with Crippen LogP contribution in [0.1, 0.15) is 22.6 Å². The number of aromatic nitrogens is 2. The van der Waals surface area contributed by atoms with Gasteiger partial charge in [0.15, 0.2) is 5.82 Å². The quantitative estimate of drug-likeness (QED) is 0.793. The van der Waals surface area contributed by atoms with Crippen LogP contribution in [0.3, 0.4) is 0 Å². The van der Waals surface area contributed by atoms with Crippen LogP contribution >= 0.6 is 11.6 Å². The lowest BCUT2D eigenvalue weighted by Gasteiger charge is -2.11. The number of halogens is 1. The van der Waals surface area contributed by atoms with Crippen molar-refractivity contribution < 1.29 is 4.74 Å². The molecule has 0 amide bonds. The Morgan fingerprint density at radius 3 is 2.39 bits per heavy atom. The maximum Gasteiger partial charge on any atom is 0.167 e. The summed E-state index contributed by atoms with van der Waals surface area (Å²) >= 11 is 5.89. The summed E-state index contributed by atoms with van der Waals surface area (Å²) in [5.74, 6) is 1.49. The van der Waals surface area contributed by atoms with Gasteiger partial charge in [-0.3, -0.25) is 0 Å². The SMILES string of the molecule is Cc1cc(Cl)nc(COc2c(C)cccc2C)n1. The lowest BCUT2D eigenvalue weighted by Crippen LogP contribution is -2.04. The standard InChI is InChI=1S/C14H15ClN2O/c1-9-5-4-6-10(2)14(9)18-8-13-16-11(3)7-12(15)17-13/h4-7H,8H2,1-3H3. The van der Waals surface area contributed by atoms with Crippen molar-refractivity contribution in [2.45, 2.75) is 27.4 Å². The van der Waals surface area contributed by atoms with Gasteiger partial charge in [0.2, 0.25) is 0 Å². The van der Waals surface area contributed by atoms with E-state index in [-0.39, 0.29) is 0 Å². The fourth-order valence-electron chi connectivity index (χ4n) is 1.82. The summed E-state index contributed by atoms with van der Waals surface area (Å²) in [5, 5.41) is 0.447. The zero-order chi connectivity index (χ0) is 13.1. The van der Waals surface area contributed by atoms with Crippen LogP contribution < -0.4 is 4.74 Å². The molecule has 0 fully saturated rings. The van der Waals surface area contributed by atoms with Crippen LogP contribution in [0.15, 0.2) is 24.3 Å². The highest BCUT2D eigenvalue weighted by molar-refractivity contribution is 6.29. The summed E-state index contributed by atoms with van der Waals surface area (Å²) < 4.78 is 5.78. The predicted octanol–water partition coefficient (Wildman–Crippen LogP) is 3.63. The van der Waals surface area contributed by atoms with Crippen molar-refractivity contribution in [1.29, 1.82) is 0 Å². The van der Waals surface area contributed by atoms with Gasteiger partial charge in [-0.05, 0) is 38.0 Å². The van der Waals surface area contributed by atoms with E-state index in [4.69, 9.17) is 16.3 Å². The first-order valence-electron chi connectivity index (χ1n) is 5.75. The Balaban J connectivity index is 2.16. The highest BCUT2D eigenvalue weighted by Crippen LogP contribution is 2.23. The summed E-state index contributed by atoms with van der Waals surface area (Å²) in [6.07, 6.45) is 0. The maximum absolute atomic E-state index is 5.89. The van der Waals surface area contributed by atoms with E-state index in [2.05, 4.69) is 9.97 Å². The molecule has 0 radical (unpaired) electrons. The van der Waals surface area contributed by atoms with E-state index in [0.717, 1.165) is 22.6 Å². The molecule has 2 aromatic rings. The van der Waals surface area contributed by atoms with E-state index in [1.54, 1.807) is 6.07 Å².